The van der Waals surface area contributed by atoms with E-state index < -0.39 is 19.9 Å². The van der Waals surface area contributed by atoms with Gasteiger partial charge >= 0.3 is 0 Å². The number of thioether (sulfide) groups is 1. The number of rotatable bonds is 6. The number of nitrogens with zero attached hydrogens (tertiary/aromatic N) is 2. The van der Waals surface area contributed by atoms with Crippen LogP contribution in [0.3, 0.4) is 0 Å². The van der Waals surface area contributed by atoms with Gasteiger partial charge in [0.05, 0.1) is 20.0 Å². The summed E-state index contributed by atoms with van der Waals surface area (Å²) in [4.78, 5) is 17.4. The molecular weight excluding hydrogens is 503 g/mol. The van der Waals surface area contributed by atoms with Crippen molar-refractivity contribution in [3.63, 3.8) is 0 Å². The molecule has 1 aliphatic heterocycles. The highest BCUT2D eigenvalue weighted by molar-refractivity contribution is 8.00. The van der Waals surface area contributed by atoms with Crippen LogP contribution >= 0.6 is 23.1 Å². The highest BCUT2D eigenvalue weighted by Crippen LogP contribution is 2.31. The summed E-state index contributed by atoms with van der Waals surface area (Å²) in [6, 6.07) is 10.8. The Labute approximate surface area is 201 Å². The van der Waals surface area contributed by atoms with E-state index in [0.717, 1.165) is 20.8 Å². The molecule has 2 aromatic carbocycles. The van der Waals surface area contributed by atoms with Crippen LogP contribution in [0.4, 0.5) is 5.69 Å². The van der Waals surface area contributed by atoms with Gasteiger partial charge in [0.1, 0.15) is 0 Å². The second-order valence-corrected chi connectivity index (χ2v) is 13.8. The first-order valence-electron chi connectivity index (χ1n) is 10.1. The predicted octanol–water partition coefficient (Wildman–Crippen LogP) is 3.46. The van der Waals surface area contributed by atoms with E-state index in [4.69, 9.17) is 0 Å². The molecule has 3 aromatic rings. The molecule has 176 valence electrons. The summed E-state index contributed by atoms with van der Waals surface area (Å²) in [5, 5.41) is 2.94. The average Bonchev–Trinajstić information content (AvgIpc) is 3.21. The number of anilines is 1. The molecule has 2 heterocycles. The Bertz CT molecular complexity index is 1390. The van der Waals surface area contributed by atoms with E-state index in [0.29, 0.717) is 18.5 Å². The fourth-order valence-electron chi connectivity index (χ4n) is 3.68. The number of benzene rings is 2. The van der Waals surface area contributed by atoms with Crippen molar-refractivity contribution in [3.05, 3.63) is 42.5 Å². The lowest BCUT2D eigenvalue weighted by atomic mass is 9.97. The largest absolute Gasteiger partial charge is 0.326 e. The van der Waals surface area contributed by atoms with E-state index in [1.165, 1.54) is 28.6 Å². The van der Waals surface area contributed by atoms with Crippen molar-refractivity contribution in [2.75, 3.05) is 30.9 Å². The van der Waals surface area contributed by atoms with Gasteiger partial charge in [-0.25, -0.2) is 21.8 Å². The minimum Gasteiger partial charge on any atom is -0.326 e. The van der Waals surface area contributed by atoms with E-state index >= 15 is 0 Å². The van der Waals surface area contributed by atoms with Gasteiger partial charge in [-0.05, 0) is 61.6 Å². The summed E-state index contributed by atoms with van der Waals surface area (Å²) >= 11 is 3.15. The number of sulfone groups is 1. The minimum absolute atomic E-state index is 0.0419. The summed E-state index contributed by atoms with van der Waals surface area (Å²) in [6.45, 7) is 0.443. The lowest BCUT2D eigenvalue weighted by Gasteiger charge is -2.30. The molecule has 0 spiro atoms. The van der Waals surface area contributed by atoms with Crippen LogP contribution in [0, 0.1) is 5.92 Å². The van der Waals surface area contributed by atoms with E-state index in [1.54, 1.807) is 23.1 Å². The van der Waals surface area contributed by atoms with Crippen molar-refractivity contribution in [2.45, 2.75) is 27.0 Å². The first kappa shape index (κ1) is 24.1. The van der Waals surface area contributed by atoms with E-state index in [-0.39, 0.29) is 34.7 Å². The van der Waals surface area contributed by atoms with E-state index in [1.807, 2.05) is 24.5 Å². The number of hydrogen-bond acceptors (Lipinski definition) is 8. The predicted molar refractivity (Wildman–Crippen MR) is 131 cm³/mol. The standard InChI is InChI=1S/C21H23N3O5S4/c1-30-21-23-18-8-3-15(13-19(18)31-21)22-20(25)14-9-11-24(12-10-14)33(28,29)17-6-4-16(5-7-17)32(2,26)27/h3-8,13-14H,9-12H2,1-2H3,(H,22,25). The van der Waals surface area contributed by atoms with Crippen LogP contribution in [0.15, 0.2) is 56.6 Å². The average molecular weight is 526 g/mol. The Hall–Kier alpha value is -1.99. The van der Waals surface area contributed by atoms with E-state index in [2.05, 4.69) is 10.3 Å². The zero-order chi connectivity index (χ0) is 23.8. The van der Waals surface area contributed by atoms with Crippen LogP contribution in [-0.4, -0.2) is 57.6 Å². The summed E-state index contributed by atoms with van der Waals surface area (Å²) in [7, 11) is -7.16. The van der Waals surface area contributed by atoms with Gasteiger partial charge < -0.3 is 5.32 Å². The molecule has 0 atom stereocenters. The fraction of sp³-hybridized carbons (Fsp3) is 0.333. The summed E-state index contributed by atoms with van der Waals surface area (Å²) in [5.74, 6) is -0.415. The Balaban J connectivity index is 1.39. The molecule has 1 amide bonds. The van der Waals surface area contributed by atoms with Gasteiger partial charge in [0.15, 0.2) is 14.2 Å². The fourth-order valence-corrected chi connectivity index (χ4v) is 7.31. The molecule has 1 aliphatic rings. The highest BCUT2D eigenvalue weighted by Gasteiger charge is 2.32. The first-order chi connectivity index (χ1) is 15.6. The highest BCUT2D eigenvalue weighted by atomic mass is 32.2. The van der Waals surface area contributed by atoms with Crippen LogP contribution in [-0.2, 0) is 24.7 Å². The van der Waals surface area contributed by atoms with Crippen molar-refractivity contribution < 1.29 is 21.6 Å². The van der Waals surface area contributed by atoms with Crippen molar-refractivity contribution in [3.8, 4) is 0 Å². The van der Waals surface area contributed by atoms with Gasteiger partial charge in [-0.1, -0.05) is 11.8 Å². The smallest absolute Gasteiger partial charge is 0.243 e. The zero-order valence-electron chi connectivity index (χ0n) is 18.0. The number of sulfonamides is 1. The maximum absolute atomic E-state index is 12.9. The number of piperidine rings is 1. The third-order valence-electron chi connectivity index (χ3n) is 5.53. The SMILES string of the molecule is CSc1nc2ccc(NC(=O)C3CCN(S(=O)(=O)c4ccc(S(C)(=O)=O)cc4)CC3)cc2s1. The number of aromatic nitrogens is 1. The molecule has 0 unspecified atom stereocenters. The van der Waals surface area contributed by atoms with Crippen molar-refractivity contribution in [2.24, 2.45) is 5.92 Å². The summed E-state index contributed by atoms with van der Waals surface area (Å²) < 4.78 is 52.4. The maximum atomic E-state index is 12.9. The third-order valence-corrected chi connectivity index (χ3v) is 10.6. The number of amides is 1. The van der Waals surface area contributed by atoms with Gasteiger partial charge in [-0.2, -0.15) is 4.31 Å². The minimum atomic E-state index is -3.76. The molecule has 0 saturated carbocycles. The van der Waals surface area contributed by atoms with Crippen LogP contribution in [0.2, 0.25) is 0 Å². The maximum Gasteiger partial charge on any atom is 0.243 e. The zero-order valence-corrected chi connectivity index (χ0v) is 21.3. The lowest BCUT2D eigenvalue weighted by molar-refractivity contribution is -0.120. The molecule has 1 fully saturated rings. The van der Waals surface area contributed by atoms with Gasteiger partial charge in [-0.15, -0.1) is 11.3 Å². The molecule has 0 aliphatic carbocycles. The Morgan fingerprint density at radius 3 is 2.30 bits per heavy atom. The lowest BCUT2D eigenvalue weighted by Crippen LogP contribution is -2.41. The summed E-state index contributed by atoms with van der Waals surface area (Å²) in [6.07, 6.45) is 3.86. The molecule has 0 bridgehead atoms. The van der Waals surface area contributed by atoms with Crippen LogP contribution < -0.4 is 5.32 Å². The Kier molecular flexibility index (Phi) is 6.83. The van der Waals surface area contributed by atoms with Crippen LogP contribution in [0.25, 0.3) is 10.2 Å². The molecule has 1 aromatic heterocycles. The second kappa shape index (κ2) is 9.34. The molecule has 1 N–H and O–H groups in total. The molecule has 33 heavy (non-hydrogen) atoms. The van der Waals surface area contributed by atoms with Gasteiger partial charge in [0.2, 0.25) is 15.9 Å². The monoisotopic (exact) mass is 525 g/mol. The van der Waals surface area contributed by atoms with Gasteiger partial charge in [0, 0.05) is 31.0 Å². The van der Waals surface area contributed by atoms with Crippen molar-refractivity contribution >= 4 is 64.8 Å². The first-order valence-corrected chi connectivity index (χ1v) is 15.5. The third kappa shape index (κ3) is 5.24. The van der Waals surface area contributed by atoms with E-state index in [9.17, 15) is 21.6 Å². The topological polar surface area (TPSA) is 114 Å². The quantitative estimate of drug-likeness (QED) is 0.490. The number of carbonyl (C=O) groups excluding carboxylic acids is 1. The molecule has 1 saturated heterocycles. The molecule has 12 heteroatoms. The van der Waals surface area contributed by atoms with Crippen molar-refractivity contribution in [1.29, 1.82) is 0 Å². The molecule has 4 rings (SSSR count). The number of thiazole rings is 1. The van der Waals surface area contributed by atoms with Gasteiger partial charge in [-0.3, -0.25) is 4.79 Å². The van der Waals surface area contributed by atoms with Gasteiger partial charge in [0.25, 0.3) is 0 Å². The Morgan fingerprint density at radius 2 is 1.70 bits per heavy atom. The molecular formula is C21H23N3O5S4. The number of fused-ring (bicyclic) bond motifs is 1. The molecule has 8 nitrogen and oxygen atoms in total. The number of carbonyl (C=O) groups is 1. The van der Waals surface area contributed by atoms with Crippen LogP contribution in [0.5, 0.6) is 0 Å². The molecule has 0 radical (unpaired) electrons. The number of hydrogen-bond donors (Lipinski definition) is 1. The normalized spacial score (nSPS) is 16.2. The van der Waals surface area contributed by atoms with Crippen molar-refractivity contribution in [1.82, 2.24) is 9.29 Å². The summed E-state index contributed by atoms with van der Waals surface area (Å²) in [5.41, 5.74) is 1.59. The van der Waals surface area contributed by atoms with Crippen LogP contribution in [0.1, 0.15) is 12.8 Å². The Morgan fingerprint density at radius 1 is 1.06 bits per heavy atom. The number of nitrogens with one attached hydrogen (secondary N) is 1. The second-order valence-electron chi connectivity index (χ2n) is 7.78.